The summed E-state index contributed by atoms with van der Waals surface area (Å²) in [7, 11) is 1.67. The molecule has 0 bridgehead atoms. The molecule has 1 heterocycles. The molecule has 0 unspecified atom stereocenters. The van der Waals surface area contributed by atoms with Gasteiger partial charge in [0.15, 0.2) is 0 Å². The zero-order chi connectivity index (χ0) is 13.0. The van der Waals surface area contributed by atoms with Crippen LogP contribution in [0.4, 0.5) is 5.69 Å². The number of hydrogen-bond acceptors (Lipinski definition) is 3. The third-order valence-electron chi connectivity index (χ3n) is 2.47. The Kier molecular flexibility index (Phi) is 4.60. The smallest absolute Gasteiger partial charge is 0.129 e. The normalized spacial score (nSPS) is 10.2. The van der Waals surface area contributed by atoms with Crippen LogP contribution in [-0.4, -0.2) is 12.1 Å². The van der Waals surface area contributed by atoms with Crippen LogP contribution in [0.1, 0.15) is 5.56 Å². The highest BCUT2D eigenvalue weighted by Gasteiger charge is 2.05. The van der Waals surface area contributed by atoms with Gasteiger partial charge in [-0.1, -0.05) is 15.9 Å². The van der Waals surface area contributed by atoms with Crippen LogP contribution in [0.2, 0.25) is 0 Å². The third-order valence-corrected chi connectivity index (χ3v) is 3.60. The summed E-state index contributed by atoms with van der Waals surface area (Å²) in [5, 5.41) is 3.32. The second-order valence-corrected chi connectivity index (χ2v) is 5.32. The van der Waals surface area contributed by atoms with E-state index in [1.165, 1.54) is 0 Å². The molecule has 0 aliphatic rings. The van der Waals surface area contributed by atoms with Crippen molar-refractivity contribution in [1.29, 1.82) is 0 Å². The predicted molar refractivity (Wildman–Crippen MR) is 80.0 cm³/mol. The van der Waals surface area contributed by atoms with Crippen LogP contribution in [0.15, 0.2) is 45.6 Å². The van der Waals surface area contributed by atoms with Gasteiger partial charge >= 0.3 is 0 Å². The molecule has 1 aromatic carbocycles. The van der Waals surface area contributed by atoms with Crippen LogP contribution in [0, 0.1) is 0 Å². The summed E-state index contributed by atoms with van der Waals surface area (Å²) in [5.74, 6) is 0.866. The summed E-state index contributed by atoms with van der Waals surface area (Å²) < 4.78 is 7.17. The lowest BCUT2D eigenvalue weighted by atomic mass is 10.2. The standard InChI is InChI=1S/C13H12Br2N2O/c1-18-12-5-4-10(14)7-9(12)8-17-11-3-2-6-16-13(11)15/h2-7,17H,8H2,1H3. The summed E-state index contributed by atoms with van der Waals surface area (Å²) in [6, 6.07) is 9.81. The lowest BCUT2D eigenvalue weighted by molar-refractivity contribution is 0.410. The topological polar surface area (TPSA) is 34.1 Å². The molecular formula is C13H12Br2N2O. The number of nitrogens with zero attached hydrogens (tertiary/aromatic N) is 1. The van der Waals surface area contributed by atoms with E-state index < -0.39 is 0 Å². The van der Waals surface area contributed by atoms with Gasteiger partial charge in [0.1, 0.15) is 10.4 Å². The van der Waals surface area contributed by atoms with Crippen molar-refractivity contribution in [3.8, 4) is 5.75 Å². The summed E-state index contributed by atoms with van der Waals surface area (Å²) in [6.07, 6.45) is 1.74. The maximum Gasteiger partial charge on any atom is 0.129 e. The van der Waals surface area contributed by atoms with Gasteiger partial charge in [-0.2, -0.15) is 0 Å². The molecule has 0 fully saturated rings. The molecule has 5 heteroatoms. The van der Waals surface area contributed by atoms with Gasteiger partial charge in [-0.05, 0) is 46.3 Å². The minimum atomic E-state index is 0.674. The average molecular weight is 372 g/mol. The van der Waals surface area contributed by atoms with Gasteiger partial charge < -0.3 is 10.1 Å². The molecule has 0 atom stereocenters. The van der Waals surface area contributed by atoms with Crippen LogP contribution in [0.25, 0.3) is 0 Å². The molecule has 2 aromatic rings. The first-order chi connectivity index (χ1) is 8.70. The largest absolute Gasteiger partial charge is 0.496 e. The maximum atomic E-state index is 5.33. The fourth-order valence-electron chi connectivity index (χ4n) is 1.59. The molecule has 0 saturated heterocycles. The molecular weight excluding hydrogens is 360 g/mol. The number of ether oxygens (including phenoxy) is 1. The lowest BCUT2D eigenvalue weighted by Crippen LogP contribution is -2.02. The molecule has 0 spiro atoms. The maximum absolute atomic E-state index is 5.33. The minimum absolute atomic E-state index is 0.674. The van der Waals surface area contributed by atoms with Gasteiger partial charge in [0.25, 0.3) is 0 Å². The molecule has 0 radical (unpaired) electrons. The first-order valence-corrected chi connectivity index (χ1v) is 6.96. The quantitative estimate of drug-likeness (QED) is 0.816. The Morgan fingerprint density at radius 3 is 2.83 bits per heavy atom. The van der Waals surface area contributed by atoms with E-state index in [4.69, 9.17) is 4.74 Å². The van der Waals surface area contributed by atoms with Crippen molar-refractivity contribution < 1.29 is 4.74 Å². The van der Waals surface area contributed by atoms with Crippen LogP contribution < -0.4 is 10.1 Å². The number of nitrogens with one attached hydrogen (secondary N) is 1. The van der Waals surface area contributed by atoms with Crippen molar-refractivity contribution in [3.63, 3.8) is 0 Å². The Bertz CT molecular complexity index is 546. The number of methoxy groups -OCH3 is 1. The van der Waals surface area contributed by atoms with E-state index in [0.29, 0.717) is 6.54 Å². The van der Waals surface area contributed by atoms with E-state index in [-0.39, 0.29) is 0 Å². The van der Waals surface area contributed by atoms with Crippen LogP contribution in [0.3, 0.4) is 0 Å². The molecule has 0 aliphatic heterocycles. The van der Waals surface area contributed by atoms with Gasteiger partial charge in [0.2, 0.25) is 0 Å². The lowest BCUT2D eigenvalue weighted by Gasteiger charge is -2.11. The van der Waals surface area contributed by atoms with Crippen molar-refractivity contribution in [2.24, 2.45) is 0 Å². The summed E-state index contributed by atoms with van der Waals surface area (Å²) >= 11 is 6.87. The fourth-order valence-corrected chi connectivity index (χ4v) is 2.39. The zero-order valence-corrected chi connectivity index (χ0v) is 13.0. The Balaban J connectivity index is 2.15. The number of benzene rings is 1. The summed E-state index contributed by atoms with van der Waals surface area (Å²) in [5.41, 5.74) is 2.04. The van der Waals surface area contributed by atoms with Gasteiger partial charge in [-0.3, -0.25) is 0 Å². The van der Waals surface area contributed by atoms with Crippen molar-refractivity contribution in [2.45, 2.75) is 6.54 Å². The predicted octanol–water partition coefficient (Wildman–Crippen LogP) is 4.23. The molecule has 1 N–H and O–H groups in total. The van der Waals surface area contributed by atoms with Crippen molar-refractivity contribution in [3.05, 3.63) is 51.2 Å². The number of halogens is 2. The number of anilines is 1. The second-order valence-electron chi connectivity index (χ2n) is 3.65. The molecule has 0 aliphatic carbocycles. The number of aromatic nitrogens is 1. The number of hydrogen-bond donors (Lipinski definition) is 1. The highest BCUT2D eigenvalue weighted by atomic mass is 79.9. The Labute approximate surface area is 123 Å². The molecule has 1 aromatic heterocycles. The van der Waals surface area contributed by atoms with E-state index in [0.717, 1.165) is 26.1 Å². The Morgan fingerprint density at radius 2 is 2.11 bits per heavy atom. The highest BCUT2D eigenvalue weighted by Crippen LogP contribution is 2.25. The minimum Gasteiger partial charge on any atom is -0.496 e. The fraction of sp³-hybridized carbons (Fsp3) is 0.154. The molecule has 2 rings (SSSR count). The number of rotatable bonds is 4. The van der Waals surface area contributed by atoms with Crippen molar-refractivity contribution in [2.75, 3.05) is 12.4 Å². The van der Waals surface area contributed by atoms with E-state index in [1.54, 1.807) is 13.3 Å². The average Bonchev–Trinajstić information content (AvgIpc) is 2.38. The SMILES string of the molecule is COc1ccc(Br)cc1CNc1cccnc1Br. The van der Waals surface area contributed by atoms with Crippen molar-refractivity contribution in [1.82, 2.24) is 4.98 Å². The second kappa shape index (κ2) is 6.20. The summed E-state index contributed by atoms with van der Waals surface area (Å²) in [4.78, 5) is 4.17. The molecule has 94 valence electrons. The van der Waals surface area contributed by atoms with E-state index in [9.17, 15) is 0 Å². The van der Waals surface area contributed by atoms with Crippen LogP contribution >= 0.6 is 31.9 Å². The first-order valence-electron chi connectivity index (χ1n) is 5.37. The zero-order valence-electron chi connectivity index (χ0n) is 9.78. The van der Waals surface area contributed by atoms with Gasteiger partial charge in [-0.15, -0.1) is 0 Å². The molecule has 3 nitrogen and oxygen atoms in total. The van der Waals surface area contributed by atoms with Gasteiger partial charge in [0.05, 0.1) is 12.8 Å². The number of pyridine rings is 1. The van der Waals surface area contributed by atoms with Gasteiger partial charge in [0, 0.05) is 22.8 Å². The molecule has 0 saturated carbocycles. The Hall–Kier alpha value is -1.07. The van der Waals surface area contributed by atoms with E-state index in [1.807, 2.05) is 30.3 Å². The monoisotopic (exact) mass is 370 g/mol. The Morgan fingerprint density at radius 1 is 1.28 bits per heavy atom. The molecule has 0 amide bonds. The molecule has 18 heavy (non-hydrogen) atoms. The summed E-state index contributed by atoms with van der Waals surface area (Å²) in [6.45, 7) is 0.674. The van der Waals surface area contributed by atoms with Gasteiger partial charge in [-0.25, -0.2) is 4.98 Å². The first kappa shape index (κ1) is 13.4. The highest BCUT2D eigenvalue weighted by molar-refractivity contribution is 9.10. The van der Waals surface area contributed by atoms with Crippen molar-refractivity contribution >= 4 is 37.5 Å². The van der Waals surface area contributed by atoms with Crippen LogP contribution in [-0.2, 0) is 6.54 Å². The third kappa shape index (κ3) is 3.23. The van der Waals surface area contributed by atoms with Crippen LogP contribution in [0.5, 0.6) is 5.75 Å². The van der Waals surface area contributed by atoms with E-state index in [2.05, 4.69) is 42.2 Å². The van der Waals surface area contributed by atoms with E-state index >= 15 is 0 Å².